The highest BCUT2D eigenvalue weighted by Gasteiger charge is 2.31. The largest absolute Gasteiger partial charge is 0.573 e. The zero-order valence-corrected chi connectivity index (χ0v) is 12.5. The summed E-state index contributed by atoms with van der Waals surface area (Å²) >= 11 is 0. The van der Waals surface area contributed by atoms with Gasteiger partial charge in [0.2, 0.25) is 5.91 Å². The number of para-hydroxylation sites is 1. The molecule has 0 unspecified atom stereocenters. The predicted octanol–water partition coefficient (Wildman–Crippen LogP) is 3.78. The molecule has 2 aromatic rings. The van der Waals surface area contributed by atoms with Gasteiger partial charge in [0.05, 0.1) is 5.92 Å². The van der Waals surface area contributed by atoms with Gasteiger partial charge in [-0.25, -0.2) is 0 Å². The molecule has 1 aliphatic heterocycles. The van der Waals surface area contributed by atoms with Crippen molar-refractivity contribution in [3.63, 3.8) is 0 Å². The van der Waals surface area contributed by atoms with Crippen molar-refractivity contribution in [1.82, 2.24) is 0 Å². The van der Waals surface area contributed by atoms with Gasteiger partial charge in [-0.15, -0.1) is 13.2 Å². The van der Waals surface area contributed by atoms with E-state index < -0.39 is 6.36 Å². The van der Waals surface area contributed by atoms with Crippen LogP contribution in [0.15, 0.2) is 48.5 Å². The molecule has 1 atom stereocenters. The fraction of sp³-hybridized carbons (Fsp3) is 0.235. The maximum absolute atomic E-state index is 12.3. The lowest BCUT2D eigenvalue weighted by atomic mass is 9.96. The number of benzene rings is 2. The summed E-state index contributed by atoms with van der Waals surface area (Å²) in [6.45, 7) is 0.262. The van der Waals surface area contributed by atoms with Crippen LogP contribution in [0.4, 0.5) is 18.9 Å². The minimum absolute atomic E-state index is 0.242. The van der Waals surface area contributed by atoms with Crippen molar-refractivity contribution in [2.75, 3.05) is 11.9 Å². The molecule has 126 valence electrons. The lowest BCUT2D eigenvalue weighted by molar-refractivity contribution is -0.274. The summed E-state index contributed by atoms with van der Waals surface area (Å²) in [5.41, 5.74) is 1.35. The highest BCUT2D eigenvalue weighted by Crippen LogP contribution is 2.28. The van der Waals surface area contributed by atoms with E-state index >= 15 is 0 Å². The first-order valence-corrected chi connectivity index (χ1v) is 7.28. The summed E-state index contributed by atoms with van der Waals surface area (Å²) in [5.74, 6) is -0.161. The van der Waals surface area contributed by atoms with Gasteiger partial charge in [-0.1, -0.05) is 18.2 Å². The van der Waals surface area contributed by atoms with Gasteiger partial charge >= 0.3 is 6.36 Å². The minimum Gasteiger partial charge on any atom is -0.492 e. The highest BCUT2D eigenvalue weighted by molar-refractivity contribution is 5.93. The van der Waals surface area contributed by atoms with Gasteiger partial charge in [0.1, 0.15) is 18.1 Å². The molecule has 7 heteroatoms. The number of rotatable bonds is 3. The molecule has 2 aromatic carbocycles. The van der Waals surface area contributed by atoms with Crippen molar-refractivity contribution >= 4 is 11.6 Å². The molecular formula is C17H14F3NO3. The Morgan fingerprint density at radius 1 is 1.12 bits per heavy atom. The van der Waals surface area contributed by atoms with Gasteiger partial charge in [0, 0.05) is 5.69 Å². The molecule has 3 rings (SSSR count). The van der Waals surface area contributed by atoms with Crippen molar-refractivity contribution in [3.8, 4) is 11.5 Å². The topological polar surface area (TPSA) is 47.6 Å². The Morgan fingerprint density at radius 2 is 1.83 bits per heavy atom. The first-order chi connectivity index (χ1) is 11.4. The maximum atomic E-state index is 12.3. The normalized spacial score (nSPS) is 16.7. The van der Waals surface area contributed by atoms with Crippen LogP contribution in [0.1, 0.15) is 5.56 Å². The molecule has 0 bridgehead atoms. The Bertz CT molecular complexity index is 729. The average molecular weight is 337 g/mol. The number of carbonyl (C=O) groups is 1. The summed E-state index contributed by atoms with van der Waals surface area (Å²) < 4.78 is 45.7. The lowest BCUT2D eigenvalue weighted by Gasteiger charge is -2.24. The predicted molar refractivity (Wildman–Crippen MR) is 80.9 cm³/mol. The van der Waals surface area contributed by atoms with Gasteiger partial charge in [0.15, 0.2) is 0 Å². The molecule has 1 amide bonds. The molecule has 1 aliphatic rings. The Hall–Kier alpha value is -2.70. The molecule has 0 saturated carbocycles. The molecule has 0 radical (unpaired) electrons. The van der Waals surface area contributed by atoms with Gasteiger partial charge in [-0.2, -0.15) is 0 Å². The number of nitrogens with one attached hydrogen (secondary N) is 1. The van der Waals surface area contributed by atoms with Gasteiger partial charge in [-0.05, 0) is 42.3 Å². The van der Waals surface area contributed by atoms with E-state index in [1.54, 1.807) is 0 Å². The van der Waals surface area contributed by atoms with Crippen molar-refractivity contribution in [3.05, 3.63) is 54.1 Å². The van der Waals surface area contributed by atoms with Crippen LogP contribution in [0.25, 0.3) is 0 Å². The van der Waals surface area contributed by atoms with Crippen LogP contribution in [0, 0.1) is 5.92 Å². The molecule has 0 saturated heterocycles. The number of halogens is 3. The smallest absolute Gasteiger partial charge is 0.492 e. The molecule has 0 fully saturated rings. The zero-order valence-electron chi connectivity index (χ0n) is 12.5. The molecule has 0 spiro atoms. The Labute approximate surface area is 136 Å². The van der Waals surface area contributed by atoms with E-state index in [1.807, 2.05) is 24.3 Å². The summed E-state index contributed by atoms with van der Waals surface area (Å²) in [4.78, 5) is 12.3. The lowest BCUT2D eigenvalue weighted by Crippen LogP contribution is -2.32. The van der Waals surface area contributed by atoms with E-state index in [4.69, 9.17) is 4.74 Å². The standard InChI is InChI=1S/C17H14F3NO3/c18-17(19,20)24-14-7-5-13(6-8-14)21-16(22)12-9-11-3-1-2-4-15(11)23-10-12/h1-8,12H,9-10H2,(H,21,22)/t12-/m0/s1. The van der Waals surface area contributed by atoms with Crippen LogP contribution in [0.2, 0.25) is 0 Å². The maximum Gasteiger partial charge on any atom is 0.573 e. The summed E-state index contributed by atoms with van der Waals surface area (Å²) in [6.07, 6.45) is -4.19. The highest BCUT2D eigenvalue weighted by atomic mass is 19.4. The van der Waals surface area contributed by atoms with E-state index in [1.165, 1.54) is 12.1 Å². The summed E-state index contributed by atoms with van der Waals surface area (Å²) in [7, 11) is 0. The van der Waals surface area contributed by atoms with Crippen LogP contribution >= 0.6 is 0 Å². The van der Waals surface area contributed by atoms with E-state index in [0.717, 1.165) is 23.4 Å². The fourth-order valence-electron chi connectivity index (χ4n) is 2.48. The third-order valence-electron chi connectivity index (χ3n) is 3.61. The van der Waals surface area contributed by atoms with Gasteiger partial charge in [-0.3, -0.25) is 4.79 Å². The summed E-state index contributed by atoms with van der Waals surface area (Å²) in [5, 5.41) is 2.68. The number of hydrogen-bond donors (Lipinski definition) is 1. The molecule has 0 aliphatic carbocycles. The summed E-state index contributed by atoms with van der Waals surface area (Å²) in [6, 6.07) is 12.5. The van der Waals surface area contributed by atoms with E-state index in [9.17, 15) is 18.0 Å². The average Bonchev–Trinajstić information content (AvgIpc) is 2.55. The fourth-order valence-corrected chi connectivity index (χ4v) is 2.48. The van der Waals surface area contributed by atoms with Crippen molar-refractivity contribution < 1.29 is 27.4 Å². The van der Waals surface area contributed by atoms with Crippen LogP contribution in [-0.4, -0.2) is 18.9 Å². The monoisotopic (exact) mass is 337 g/mol. The van der Waals surface area contributed by atoms with Crippen LogP contribution < -0.4 is 14.8 Å². The first kappa shape index (κ1) is 16.2. The molecular weight excluding hydrogens is 323 g/mol. The second-order valence-corrected chi connectivity index (χ2v) is 5.38. The quantitative estimate of drug-likeness (QED) is 0.927. The zero-order chi connectivity index (χ0) is 17.2. The van der Waals surface area contributed by atoms with Crippen LogP contribution in [0.3, 0.4) is 0 Å². The Balaban J connectivity index is 1.61. The number of amides is 1. The Kier molecular flexibility index (Phi) is 4.33. The molecule has 0 aromatic heterocycles. The second-order valence-electron chi connectivity index (χ2n) is 5.38. The first-order valence-electron chi connectivity index (χ1n) is 7.28. The van der Waals surface area contributed by atoms with E-state index in [2.05, 4.69) is 10.1 Å². The van der Waals surface area contributed by atoms with Crippen LogP contribution in [-0.2, 0) is 11.2 Å². The SMILES string of the molecule is O=C(Nc1ccc(OC(F)(F)F)cc1)[C@@H]1COc2ccccc2C1. The van der Waals surface area contributed by atoms with E-state index in [-0.39, 0.29) is 24.2 Å². The number of fused-ring (bicyclic) bond motifs is 1. The molecule has 24 heavy (non-hydrogen) atoms. The number of alkyl halides is 3. The van der Waals surface area contributed by atoms with Crippen LogP contribution in [0.5, 0.6) is 11.5 Å². The molecule has 1 heterocycles. The number of anilines is 1. The number of carbonyl (C=O) groups excluding carboxylic acids is 1. The third kappa shape index (κ3) is 3.98. The minimum atomic E-state index is -4.74. The van der Waals surface area contributed by atoms with Crippen molar-refractivity contribution in [2.24, 2.45) is 5.92 Å². The second kappa shape index (κ2) is 6.43. The Morgan fingerprint density at radius 3 is 2.54 bits per heavy atom. The van der Waals surface area contributed by atoms with E-state index in [0.29, 0.717) is 12.1 Å². The third-order valence-corrected chi connectivity index (χ3v) is 3.61. The number of ether oxygens (including phenoxy) is 2. The van der Waals surface area contributed by atoms with Crippen molar-refractivity contribution in [1.29, 1.82) is 0 Å². The van der Waals surface area contributed by atoms with Gasteiger partial charge in [0.25, 0.3) is 0 Å². The molecule has 1 N–H and O–H groups in total. The number of hydrogen-bond acceptors (Lipinski definition) is 3. The van der Waals surface area contributed by atoms with Gasteiger partial charge < -0.3 is 14.8 Å². The van der Waals surface area contributed by atoms with Crippen molar-refractivity contribution in [2.45, 2.75) is 12.8 Å². The molecule has 4 nitrogen and oxygen atoms in total.